The van der Waals surface area contributed by atoms with Gasteiger partial charge in [-0.25, -0.2) is 13.4 Å². The average molecular weight is 388 g/mol. The van der Waals surface area contributed by atoms with E-state index in [4.69, 9.17) is 4.98 Å². The van der Waals surface area contributed by atoms with Gasteiger partial charge in [-0.05, 0) is 43.3 Å². The van der Waals surface area contributed by atoms with Crippen LogP contribution in [0.2, 0.25) is 0 Å². The molecule has 2 aromatic carbocycles. The number of anilines is 2. The van der Waals surface area contributed by atoms with E-state index >= 15 is 0 Å². The molecule has 0 aliphatic rings. The number of nitrogens with one attached hydrogen (secondary N) is 1. The number of hydrogen-bond acceptors (Lipinski definition) is 5. The maximum Gasteiger partial charge on any atom is 0.229 e. The summed E-state index contributed by atoms with van der Waals surface area (Å²) < 4.78 is 25.1. The molecule has 0 unspecified atom stereocenters. The normalized spacial score (nSPS) is 11.4. The first-order valence-electron chi connectivity index (χ1n) is 8.06. The molecule has 0 saturated carbocycles. The zero-order chi connectivity index (χ0) is 18.9. The Hall–Kier alpha value is -2.38. The topological polar surface area (TPSA) is 62.3 Å². The lowest BCUT2D eigenvalue weighted by Crippen LogP contribution is -2.09. The minimum absolute atomic E-state index is 0.545. The summed E-state index contributed by atoms with van der Waals surface area (Å²) in [5.41, 5.74) is 4.67. The maximum absolute atomic E-state index is 11.3. The fourth-order valence-electron chi connectivity index (χ4n) is 2.60. The van der Waals surface area contributed by atoms with Gasteiger partial charge in [0.2, 0.25) is 10.0 Å². The second-order valence-corrected chi connectivity index (χ2v) is 9.27. The van der Waals surface area contributed by atoms with Crippen LogP contribution < -0.4 is 9.62 Å². The van der Waals surface area contributed by atoms with E-state index < -0.39 is 10.0 Å². The van der Waals surface area contributed by atoms with Crippen LogP contribution >= 0.6 is 11.3 Å². The molecule has 3 rings (SSSR count). The second-order valence-electron chi connectivity index (χ2n) is 6.32. The third-order valence-corrected chi connectivity index (χ3v) is 5.52. The van der Waals surface area contributed by atoms with Gasteiger partial charge in [0.1, 0.15) is 5.01 Å². The number of aryl methyl sites for hydroxylation is 1. The molecular weight excluding hydrogens is 366 g/mol. The van der Waals surface area contributed by atoms with Crippen LogP contribution in [0.3, 0.4) is 0 Å². The van der Waals surface area contributed by atoms with Crippen molar-refractivity contribution < 1.29 is 8.42 Å². The summed E-state index contributed by atoms with van der Waals surface area (Å²) in [5, 5.41) is 0.973. The first-order valence-corrected chi connectivity index (χ1v) is 10.8. The molecule has 0 bridgehead atoms. The molecule has 1 N–H and O–H groups in total. The zero-order valence-corrected chi connectivity index (χ0v) is 16.8. The van der Waals surface area contributed by atoms with E-state index in [1.807, 2.05) is 33.2 Å². The Bertz CT molecular complexity index is 1010. The number of benzene rings is 2. The van der Waals surface area contributed by atoms with Crippen molar-refractivity contribution in [3.05, 3.63) is 53.4 Å². The second kappa shape index (κ2) is 7.09. The third kappa shape index (κ3) is 4.23. The maximum atomic E-state index is 11.3. The standard InChI is InChI=1S/C19H21N3O2S2/c1-13-18(14-5-9-16(10-6-14)21-26(4,23)24)20-19(25-13)15-7-11-17(12-8-15)22(2)3/h5-12,21H,1-4H3. The smallest absolute Gasteiger partial charge is 0.229 e. The Balaban J connectivity index is 1.88. The molecule has 0 radical (unpaired) electrons. The molecule has 0 saturated heterocycles. The highest BCUT2D eigenvalue weighted by Crippen LogP contribution is 2.34. The van der Waals surface area contributed by atoms with Crippen molar-refractivity contribution in [1.29, 1.82) is 0 Å². The molecule has 136 valence electrons. The van der Waals surface area contributed by atoms with Crippen LogP contribution in [0.15, 0.2) is 48.5 Å². The van der Waals surface area contributed by atoms with Crippen LogP contribution in [0.4, 0.5) is 11.4 Å². The third-order valence-electron chi connectivity index (χ3n) is 3.89. The van der Waals surface area contributed by atoms with Crippen LogP contribution in [-0.4, -0.2) is 33.8 Å². The number of aromatic nitrogens is 1. The molecule has 0 spiro atoms. The zero-order valence-electron chi connectivity index (χ0n) is 15.1. The Morgan fingerprint density at radius 1 is 0.962 bits per heavy atom. The summed E-state index contributed by atoms with van der Waals surface area (Å²) in [6.07, 6.45) is 1.14. The van der Waals surface area contributed by atoms with Gasteiger partial charge >= 0.3 is 0 Å². The van der Waals surface area contributed by atoms with Gasteiger partial charge in [-0.2, -0.15) is 0 Å². The van der Waals surface area contributed by atoms with Crippen molar-refractivity contribution in [3.8, 4) is 21.8 Å². The lowest BCUT2D eigenvalue weighted by atomic mass is 10.1. The molecule has 5 nitrogen and oxygen atoms in total. The van der Waals surface area contributed by atoms with Crippen molar-refractivity contribution in [1.82, 2.24) is 4.98 Å². The van der Waals surface area contributed by atoms with Gasteiger partial charge in [0.15, 0.2) is 0 Å². The van der Waals surface area contributed by atoms with Crippen LogP contribution in [0.5, 0.6) is 0 Å². The molecule has 0 amide bonds. The van der Waals surface area contributed by atoms with Gasteiger partial charge in [-0.1, -0.05) is 12.1 Å². The van der Waals surface area contributed by atoms with Gasteiger partial charge < -0.3 is 4.90 Å². The van der Waals surface area contributed by atoms with Crippen molar-refractivity contribution in [3.63, 3.8) is 0 Å². The number of sulfonamides is 1. The number of hydrogen-bond donors (Lipinski definition) is 1. The van der Waals surface area contributed by atoms with Crippen molar-refractivity contribution >= 4 is 32.7 Å². The predicted molar refractivity (Wildman–Crippen MR) is 111 cm³/mol. The molecule has 7 heteroatoms. The fraction of sp³-hybridized carbons (Fsp3) is 0.211. The Labute approximate surface area is 158 Å². The average Bonchev–Trinajstić information content (AvgIpc) is 2.96. The summed E-state index contributed by atoms with van der Waals surface area (Å²) in [6, 6.07) is 15.6. The van der Waals surface area contributed by atoms with Crippen LogP contribution in [-0.2, 0) is 10.0 Å². The van der Waals surface area contributed by atoms with Crippen molar-refractivity contribution in [2.45, 2.75) is 6.92 Å². The minimum atomic E-state index is -3.27. The van der Waals surface area contributed by atoms with Gasteiger partial charge in [0.05, 0.1) is 11.9 Å². The fourth-order valence-corrected chi connectivity index (χ4v) is 4.11. The number of nitrogens with zero attached hydrogens (tertiary/aromatic N) is 2. The summed E-state index contributed by atoms with van der Waals surface area (Å²) in [6.45, 7) is 2.05. The van der Waals surface area contributed by atoms with Crippen molar-refractivity contribution in [2.75, 3.05) is 30.0 Å². The summed E-state index contributed by atoms with van der Waals surface area (Å²) in [7, 11) is 0.762. The quantitative estimate of drug-likeness (QED) is 0.712. The van der Waals surface area contributed by atoms with Crippen molar-refractivity contribution in [2.24, 2.45) is 0 Å². The molecule has 1 aromatic heterocycles. The highest BCUT2D eigenvalue weighted by molar-refractivity contribution is 7.92. The van der Waals surface area contributed by atoms with Gasteiger partial charge in [-0.3, -0.25) is 4.72 Å². The molecule has 1 heterocycles. The molecular formula is C19H21N3O2S2. The molecule has 0 aliphatic carbocycles. The number of rotatable bonds is 5. The summed E-state index contributed by atoms with van der Waals surface area (Å²) in [4.78, 5) is 7.98. The van der Waals surface area contributed by atoms with E-state index in [0.29, 0.717) is 5.69 Å². The molecule has 0 atom stereocenters. The van der Waals surface area contributed by atoms with E-state index in [1.165, 1.54) is 0 Å². The summed E-state index contributed by atoms with van der Waals surface area (Å²) in [5.74, 6) is 0. The van der Waals surface area contributed by atoms with E-state index in [1.54, 1.807) is 23.5 Å². The first-order chi connectivity index (χ1) is 12.2. The largest absolute Gasteiger partial charge is 0.378 e. The van der Waals surface area contributed by atoms with Crippen LogP contribution in [0.1, 0.15) is 4.88 Å². The monoisotopic (exact) mass is 387 g/mol. The van der Waals surface area contributed by atoms with Gasteiger partial charge in [-0.15, -0.1) is 11.3 Å². The van der Waals surface area contributed by atoms with Gasteiger partial charge in [0, 0.05) is 41.5 Å². The number of thiazole rings is 1. The van der Waals surface area contributed by atoms with Gasteiger partial charge in [0.25, 0.3) is 0 Å². The SMILES string of the molecule is Cc1sc(-c2ccc(N(C)C)cc2)nc1-c1ccc(NS(C)(=O)=O)cc1. The lowest BCUT2D eigenvalue weighted by Gasteiger charge is -2.11. The van der Waals surface area contributed by atoms with E-state index in [-0.39, 0.29) is 0 Å². The molecule has 26 heavy (non-hydrogen) atoms. The van der Waals surface area contributed by atoms with E-state index in [0.717, 1.165) is 38.6 Å². The summed E-state index contributed by atoms with van der Waals surface area (Å²) >= 11 is 1.65. The first kappa shape index (κ1) is 18.4. The van der Waals surface area contributed by atoms with E-state index in [9.17, 15) is 8.42 Å². The molecule has 3 aromatic rings. The Kier molecular flexibility index (Phi) is 5.02. The van der Waals surface area contributed by atoms with Crippen LogP contribution in [0.25, 0.3) is 21.8 Å². The molecule has 0 aliphatic heterocycles. The lowest BCUT2D eigenvalue weighted by molar-refractivity contribution is 0.607. The highest BCUT2D eigenvalue weighted by Gasteiger charge is 2.12. The van der Waals surface area contributed by atoms with E-state index in [2.05, 4.69) is 33.9 Å². The Morgan fingerprint density at radius 3 is 2.08 bits per heavy atom. The predicted octanol–water partition coefficient (Wildman–Crippen LogP) is 4.22. The Morgan fingerprint density at radius 2 is 1.54 bits per heavy atom. The minimum Gasteiger partial charge on any atom is -0.378 e. The van der Waals surface area contributed by atoms with Crippen LogP contribution in [0, 0.1) is 6.92 Å². The molecule has 0 fully saturated rings. The highest BCUT2D eigenvalue weighted by atomic mass is 32.2.